The highest BCUT2D eigenvalue weighted by Gasteiger charge is 2.22. The summed E-state index contributed by atoms with van der Waals surface area (Å²) in [6.07, 6.45) is 3.50. The molecule has 1 aromatic carbocycles. The van der Waals surface area contributed by atoms with Gasteiger partial charge in [-0.1, -0.05) is 18.2 Å². The molecule has 0 bridgehead atoms. The lowest BCUT2D eigenvalue weighted by Crippen LogP contribution is -2.37. The van der Waals surface area contributed by atoms with E-state index in [9.17, 15) is 0 Å². The van der Waals surface area contributed by atoms with E-state index < -0.39 is 0 Å². The van der Waals surface area contributed by atoms with Gasteiger partial charge in [0, 0.05) is 36.0 Å². The lowest BCUT2D eigenvalue weighted by atomic mass is 9.99. The zero-order chi connectivity index (χ0) is 14.7. The van der Waals surface area contributed by atoms with Crippen LogP contribution in [0.1, 0.15) is 31.7 Å². The number of halogens is 1. The quantitative estimate of drug-likeness (QED) is 0.921. The first-order chi connectivity index (χ1) is 9.50. The van der Waals surface area contributed by atoms with Crippen molar-refractivity contribution in [3.05, 3.63) is 35.4 Å². The molecule has 1 fully saturated rings. The number of hydrogen-bond donors (Lipinski definition) is 1. The molecule has 0 amide bonds. The fraction of sp³-hybridized carbons (Fsp3) is 0.500. The Morgan fingerprint density at radius 2 is 2.25 bits per heavy atom. The van der Waals surface area contributed by atoms with Crippen LogP contribution in [0.3, 0.4) is 0 Å². The summed E-state index contributed by atoms with van der Waals surface area (Å²) in [7, 11) is 2.05. The van der Waals surface area contributed by atoms with Gasteiger partial charge in [0.1, 0.15) is 6.23 Å². The van der Waals surface area contributed by atoms with Crippen LogP contribution in [0.5, 0.6) is 0 Å². The minimum Gasteiger partial charge on any atom is -0.358 e. The maximum atomic E-state index is 6.12. The number of rotatable bonds is 4. The second-order valence-corrected chi connectivity index (χ2v) is 5.84. The van der Waals surface area contributed by atoms with E-state index in [2.05, 4.69) is 18.5 Å². The fourth-order valence-electron chi connectivity index (χ4n) is 2.50. The molecule has 1 aliphatic rings. The zero-order valence-corrected chi connectivity index (χ0v) is 13.0. The summed E-state index contributed by atoms with van der Waals surface area (Å²) in [6.45, 7) is 6.86. The van der Waals surface area contributed by atoms with Crippen molar-refractivity contribution in [2.45, 2.75) is 38.5 Å². The molecule has 0 saturated carbocycles. The lowest BCUT2D eigenvalue weighted by molar-refractivity contribution is 0.0174. The summed E-state index contributed by atoms with van der Waals surface area (Å²) in [5.41, 5.74) is 8.94. The molecule has 1 saturated heterocycles. The van der Waals surface area contributed by atoms with Crippen molar-refractivity contribution in [2.24, 2.45) is 5.73 Å². The Kier molecular flexibility index (Phi) is 5.08. The van der Waals surface area contributed by atoms with Crippen LogP contribution < -0.4 is 10.6 Å². The molecule has 3 nitrogen and oxygen atoms in total. The highest BCUT2D eigenvalue weighted by atomic mass is 35.5. The molecular weight excluding hydrogens is 272 g/mol. The van der Waals surface area contributed by atoms with Crippen molar-refractivity contribution in [3.8, 4) is 0 Å². The van der Waals surface area contributed by atoms with Crippen molar-refractivity contribution in [3.63, 3.8) is 0 Å². The number of nitrogens with zero attached hydrogens (tertiary/aromatic N) is 1. The van der Waals surface area contributed by atoms with E-state index in [0.717, 1.165) is 36.3 Å². The van der Waals surface area contributed by atoms with Gasteiger partial charge in [0.2, 0.25) is 0 Å². The van der Waals surface area contributed by atoms with Gasteiger partial charge in [0.25, 0.3) is 0 Å². The van der Waals surface area contributed by atoms with Crippen LogP contribution in [-0.2, 0) is 4.74 Å². The molecule has 20 heavy (non-hydrogen) atoms. The van der Waals surface area contributed by atoms with Crippen LogP contribution in [0.25, 0.3) is 5.57 Å². The van der Waals surface area contributed by atoms with Crippen LogP contribution in [0.4, 0.5) is 5.69 Å². The monoisotopic (exact) mass is 294 g/mol. The van der Waals surface area contributed by atoms with Crippen molar-refractivity contribution >= 4 is 22.9 Å². The van der Waals surface area contributed by atoms with Gasteiger partial charge in [0.15, 0.2) is 0 Å². The Hall–Kier alpha value is -1.03. The fourth-order valence-corrected chi connectivity index (χ4v) is 2.67. The van der Waals surface area contributed by atoms with Crippen molar-refractivity contribution in [1.82, 2.24) is 0 Å². The van der Waals surface area contributed by atoms with Gasteiger partial charge in [0.05, 0.1) is 0 Å². The van der Waals surface area contributed by atoms with Gasteiger partial charge in [-0.05, 0) is 50.0 Å². The molecule has 2 unspecified atom stereocenters. The average molecular weight is 295 g/mol. The summed E-state index contributed by atoms with van der Waals surface area (Å²) in [4.78, 5) is 2.17. The van der Waals surface area contributed by atoms with Crippen molar-refractivity contribution in [1.29, 1.82) is 0 Å². The molecule has 0 radical (unpaired) electrons. The van der Waals surface area contributed by atoms with Gasteiger partial charge in [-0.25, -0.2) is 0 Å². The maximum absolute atomic E-state index is 6.12. The molecule has 1 heterocycles. The van der Waals surface area contributed by atoms with E-state index in [-0.39, 0.29) is 12.3 Å². The first-order valence-corrected chi connectivity index (χ1v) is 7.47. The highest BCUT2D eigenvalue weighted by molar-refractivity contribution is 6.30. The molecular formula is C16H23ClN2O. The van der Waals surface area contributed by atoms with Gasteiger partial charge in [-0.15, -0.1) is 0 Å². The third kappa shape index (κ3) is 3.35. The third-order valence-corrected chi connectivity index (χ3v) is 4.06. The maximum Gasteiger partial charge on any atom is 0.129 e. The number of benzene rings is 1. The molecule has 0 aliphatic carbocycles. The number of ether oxygens (including phenoxy) is 1. The first-order valence-electron chi connectivity index (χ1n) is 7.09. The minimum atomic E-state index is -0.104. The van der Waals surface area contributed by atoms with Crippen molar-refractivity contribution in [2.75, 3.05) is 18.6 Å². The Balaban J connectivity index is 2.32. The smallest absolute Gasteiger partial charge is 0.129 e. The number of anilines is 1. The van der Waals surface area contributed by atoms with E-state index >= 15 is 0 Å². The molecule has 4 heteroatoms. The van der Waals surface area contributed by atoms with Crippen LogP contribution in [-0.4, -0.2) is 25.9 Å². The van der Waals surface area contributed by atoms with Gasteiger partial charge >= 0.3 is 0 Å². The second kappa shape index (κ2) is 6.61. The molecule has 1 aromatic rings. The van der Waals surface area contributed by atoms with Crippen LogP contribution in [0.15, 0.2) is 24.8 Å². The van der Waals surface area contributed by atoms with Crippen LogP contribution in [0, 0.1) is 0 Å². The number of hydrogen-bond acceptors (Lipinski definition) is 3. The highest BCUT2D eigenvalue weighted by Crippen LogP contribution is 2.32. The van der Waals surface area contributed by atoms with E-state index in [0.29, 0.717) is 5.02 Å². The van der Waals surface area contributed by atoms with Crippen molar-refractivity contribution < 1.29 is 4.74 Å². The van der Waals surface area contributed by atoms with Crippen LogP contribution >= 0.6 is 11.6 Å². The summed E-state index contributed by atoms with van der Waals surface area (Å²) >= 11 is 6.12. The second-order valence-electron chi connectivity index (χ2n) is 5.41. The summed E-state index contributed by atoms with van der Waals surface area (Å²) in [6, 6.07) is 5.74. The minimum absolute atomic E-state index is 0.104. The van der Waals surface area contributed by atoms with Gasteiger partial charge < -0.3 is 15.4 Å². The first kappa shape index (κ1) is 15.4. The number of nitrogens with two attached hydrogens (primary N) is 1. The molecule has 2 N–H and O–H groups in total. The SMILES string of the molecule is C=C(c1cc(Cl)ccc1N(C)C1CCCCO1)C(C)N. The molecule has 2 rings (SSSR count). The van der Waals surface area contributed by atoms with Gasteiger partial charge in [-0.2, -0.15) is 0 Å². The predicted molar refractivity (Wildman–Crippen MR) is 86.1 cm³/mol. The Morgan fingerprint density at radius 1 is 1.50 bits per heavy atom. The largest absolute Gasteiger partial charge is 0.358 e. The molecule has 1 aliphatic heterocycles. The van der Waals surface area contributed by atoms with E-state index in [1.807, 2.05) is 25.1 Å². The summed E-state index contributed by atoms with van der Waals surface area (Å²) < 4.78 is 5.85. The Bertz CT molecular complexity index is 481. The van der Waals surface area contributed by atoms with E-state index in [4.69, 9.17) is 22.1 Å². The summed E-state index contributed by atoms with van der Waals surface area (Å²) in [5.74, 6) is 0. The van der Waals surface area contributed by atoms with Crippen LogP contribution in [0.2, 0.25) is 5.02 Å². The predicted octanol–water partition coefficient (Wildman–Crippen LogP) is 3.66. The van der Waals surface area contributed by atoms with Gasteiger partial charge in [-0.3, -0.25) is 0 Å². The van der Waals surface area contributed by atoms with E-state index in [1.165, 1.54) is 6.42 Å². The lowest BCUT2D eigenvalue weighted by Gasteiger charge is -2.34. The molecule has 110 valence electrons. The zero-order valence-electron chi connectivity index (χ0n) is 12.2. The summed E-state index contributed by atoms with van der Waals surface area (Å²) in [5, 5.41) is 0.698. The standard InChI is InChI=1S/C16H23ClN2O/c1-11(12(2)18)14-10-13(17)7-8-15(14)19(3)16-6-4-5-9-20-16/h7-8,10,12,16H,1,4-6,9,18H2,2-3H3. The normalized spacial score (nSPS) is 20.5. The van der Waals surface area contributed by atoms with E-state index in [1.54, 1.807) is 0 Å². The average Bonchev–Trinajstić information content (AvgIpc) is 2.46. The Morgan fingerprint density at radius 3 is 2.85 bits per heavy atom. The third-order valence-electron chi connectivity index (χ3n) is 3.82. The molecule has 2 atom stereocenters. The molecule has 0 spiro atoms. The molecule has 0 aromatic heterocycles. The Labute approximate surface area is 126 Å². The topological polar surface area (TPSA) is 38.5 Å².